The monoisotopic (exact) mass is 277 g/mol. The first-order chi connectivity index (χ1) is 4.18. The maximum Gasteiger partial charge on any atom is 0.320 e. The molecule has 1 atom stereocenters. The molecule has 0 fully saturated rings. The molecule has 11 heavy (non-hydrogen) atoms. The Hall–Kier alpha value is 1.03. The van der Waals surface area contributed by atoms with E-state index in [1.54, 1.807) is 11.8 Å². The molecule has 0 amide bonds. The van der Waals surface area contributed by atoms with Crippen molar-refractivity contribution < 1.29 is 48.9 Å². The summed E-state index contributed by atoms with van der Waals surface area (Å²) in [6.45, 7) is 0. The van der Waals surface area contributed by atoms with Crippen LogP contribution in [-0.4, -0.2) is 29.1 Å². The maximum atomic E-state index is 10.1. The summed E-state index contributed by atoms with van der Waals surface area (Å²) >= 11 is 1.60. The van der Waals surface area contributed by atoms with Gasteiger partial charge in [-0.05, 0) is 18.4 Å². The molecule has 6 heteroatoms. The fourth-order valence-corrected chi connectivity index (χ4v) is 0.858. The standard InChI is InChI=1S/C5H11NO2S.2Zn/c1-9-3-2-4(6)5(7)8;;/h4H,2-3,6H2,1H3,(H,7,8);;. The Balaban J connectivity index is -0.000000320. The molecule has 0 saturated heterocycles. The first-order valence-corrected chi connectivity index (χ1v) is 4.05. The molecule has 0 aliphatic carbocycles. The maximum absolute atomic E-state index is 10.1. The van der Waals surface area contributed by atoms with E-state index in [-0.39, 0.29) is 39.0 Å². The second-order valence-electron chi connectivity index (χ2n) is 1.73. The van der Waals surface area contributed by atoms with Crippen molar-refractivity contribution in [2.75, 3.05) is 12.0 Å². The molecule has 0 aliphatic heterocycles. The van der Waals surface area contributed by atoms with Gasteiger partial charge in [-0.15, -0.1) is 0 Å². The molecule has 0 saturated carbocycles. The molecule has 3 N–H and O–H groups in total. The summed E-state index contributed by atoms with van der Waals surface area (Å²) in [4.78, 5) is 10.1. The van der Waals surface area contributed by atoms with E-state index in [4.69, 9.17) is 10.8 Å². The van der Waals surface area contributed by atoms with E-state index in [0.717, 1.165) is 5.75 Å². The number of hydrogen-bond donors (Lipinski definition) is 2. The summed E-state index contributed by atoms with van der Waals surface area (Å²) in [5, 5.41) is 8.27. The van der Waals surface area contributed by atoms with Gasteiger partial charge >= 0.3 is 5.97 Å². The van der Waals surface area contributed by atoms with E-state index in [9.17, 15) is 4.79 Å². The topological polar surface area (TPSA) is 63.3 Å². The van der Waals surface area contributed by atoms with Gasteiger partial charge in [0.2, 0.25) is 0 Å². The number of carbonyl (C=O) groups is 1. The zero-order chi connectivity index (χ0) is 7.28. The third kappa shape index (κ3) is 11.0. The van der Waals surface area contributed by atoms with Crippen LogP contribution in [0.5, 0.6) is 0 Å². The smallest absolute Gasteiger partial charge is 0.320 e. The number of carboxylic acid groups (broad SMARTS) is 1. The third-order valence-electron chi connectivity index (χ3n) is 0.950. The van der Waals surface area contributed by atoms with Crippen LogP contribution in [0.3, 0.4) is 0 Å². The van der Waals surface area contributed by atoms with Crippen molar-refractivity contribution in [1.82, 2.24) is 0 Å². The molecular formula is C5H11NO2SZn2. The van der Waals surface area contributed by atoms with Gasteiger partial charge < -0.3 is 10.8 Å². The Morgan fingerprint density at radius 3 is 2.36 bits per heavy atom. The van der Waals surface area contributed by atoms with Gasteiger partial charge in [0.15, 0.2) is 0 Å². The van der Waals surface area contributed by atoms with Gasteiger partial charge in [-0.2, -0.15) is 11.8 Å². The van der Waals surface area contributed by atoms with Gasteiger partial charge in [0.25, 0.3) is 0 Å². The van der Waals surface area contributed by atoms with Crippen LogP contribution in [0.25, 0.3) is 0 Å². The van der Waals surface area contributed by atoms with E-state index >= 15 is 0 Å². The third-order valence-corrected chi connectivity index (χ3v) is 1.59. The van der Waals surface area contributed by atoms with Gasteiger partial charge in [-0.3, -0.25) is 4.79 Å². The van der Waals surface area contributed by atoms with Gasteiger partial charge in [0.05, 0.1) is 0 Å². The minimum atomic E-state index is -0.913. The van der Waals surface area contributed by atoms with Crippen molar-refractivity contribution in [2.45, 2.75) is 12.5 Å². The van der Waals surface area contributed by atoms with Crippen LogP contribution >= 0.6 is 11.8 Å². The number of rotatable bonds is 4. The second-order valence-corrected chi connectivity index (χ2v) is 2.71. The fourth-order valence-electron chi connectivity index (χ4n) is 0.368. The van der Waals surface area contributed by atoms with Crippen molar-refractivity contribution in [3.63, 3.8) is 0 Å². The second kappa shape index (κ2) is 11.0. The molecule has 0 spiro atoms. The predicted molar refractivity (Wildman–Crippen MR) is 38.6 cm³/mol. The summed E-state index contributed by atoms with van der Waals surface area (Å²) in [6.07, 6.45) is 2.48. The normalized spacial score (nSPS) is 10.7. The van der Waals surface area contributed by atoms with Crippen LogP contribution in [-0.2, 0) is 43.8 Å². The molecule has 1 unspecified atom stereocenters. The van der Waals surface area contributed by atoms with Gasteiger partial charge in [-0.25, -0.2) is 0 Å². The molecule has 0 aliphatic rings. The minimum Gasteiger partial charge on any atom is -0.480 e. The molecular weight excluding hydrogens is 269 g/mol. The number of aliphatic carboxylic acids is 1. The van der Waals surface area contributed by atoms with Gasteiger partial charge in [0, 0.05) is 39.0 Å². The fraction of sp³-hybridized carbons (Fsp3) is 0.800. The van der Waals surface area contributed by atoms with Gasteiger partial charge in [-0.1, -0.05) is 0 Å². The molecule has 0 aromatic carbocycles. The number of thioether (sulfide) groups is 1. The van der Waals surface area contributed by atoms with Crippen molar-refractivity contribution in [1.29, 1.82) is 0 Å². The van der Waals surface area contributed by atoms with Crippen molar-refractivity contribution in [3.05, 3.63) is 0 Å². The van der Waals surface area contributed by atoms with E-state index in [0.29, 0.717) is 6.42 Å². The predicted octanol–water partition coefficient (Wildman–Crippen LogP) is 0.146. The largest absolute Gasteiger partial charge is 0.480 e. The van der Waals surface area contributed by atoms with Crippen molar-refractivity contribution in [2.24, 2.45) is 5.73 Å². The first-order valence-electron chi connectivity index (χ1n) is 2.65. The molecule has 0 bridgehead atoms. The van der Waals surface area contributed by atoms with E-state index in [2.05, 4.69) is 0 Å². The Morgan fingerprint density at radius 2 is 2.09 bits per heavy atom. The van der Waals surface area contributed by atoms with E-state index in [1.165, 1.54) is 0 Å². The SMILES string of the molecule is CSCCC(N)C(=O)O.[Zn].[Zn]. The first kappa shape index (κ1) is 17.9. The minimum absolute atomic E-state index is 0. The molecule has 0 rings (SSSR count). The van der Waals surface area contributed by atoms with Crippen LogP contribution in [0, 0.1) is 0 Å². The molecule has 3 nitrogen and oxygen atoms in total. The number of carboxylic acids is 1. The quantitative estimate of drug-likeness (QED) is 0.719. The summed E-state index contributed by atoms with van der Waals surface area (Å²) in [5.41, 5.74) is 5.19. The van der Waals surface area contributed by atoms with E-state index in [1.807, 2.05) is 6.26 Å². The van der Waals surface area contributed by atoms with Crippen molar-refractivity contribution >= 4 is 17.7 Å². The zero-order valence-electron chi connectivity index (χ0n) is 6.75. The van der Waals surface area contributed by atoms with Crippen LogP contribution in [0.15, 0.2) is 0 Å². The Morgan fingerprint density at radius 1 is 1.64 bits per heavy atom. The zero-order valence-corrected chi connectivity index (χ0v) is 13.5. The van der Waals surface area contributed by atoms with Crippen LogP contribution < -0.4 is 5.73 Å². The van der Waals surface area contributed by atoms with Crippen LogP contribution in [0.2, 0.25) is 0 Å². The molecule has 0 heterocycles. The van der Waals surface area contributed by atoms with E-state index < -0.39 is 12.0 Å². The molecule has 58 valence electrons. The summed E-state index contributed by atoms with van der Waals surface area (Å²) in [7, 11) is 0. The van der Waals surface area contributed by atoms with Crippen LogP contribution in [0.1, 0.15) is 6.42 Å². The average molecular weight is 280 g/mol. The van der Waals surface area contributed by atoms with Gasteiger partial charge in [0.1, 0.15) is 6.04 Å². The molecule has 0 aromatic heterocycles. The Kier molecular flexibility index (Phi) is 18.0. The molecule has 0 aromatic rings. The Labute approximate surface area is 96.4 Å². The Bertz CT molecular complexity index is 104. The average Bonchev–Trinajstić information content (AvgIpc) is 1.82. The van der Waals surface area contributed by atoms with Crippen LogP contribution in [0.4, 0.5) is 0 Å². The summed E-state index contributed by atoms with van der Waals surface area (Å²) in [6, 6.07) is -0.683. The number of hydrogen-bond acceptors (Lipinski definition) is 3. The number of nitrogens with two attached hydrogens (primary N) is 1. The summed E-state index contributed by atoms with van der Waals surface area (Å²) < 4.78 is 0. The summed E-state index contributed by atoms with van der Waals surface area (Å²) in [5.74, 6) is -0.1000. The van der Waals surface area contributed by atoms with Crippen molar-refractivity contribution in [3.8, 4) is 0 Å². The molecule has 0 radical (unpaired) electrons.